The lowest BCUT2D eigenvalue weighted by Crippen LogP contribution is -2.25. The summed E-state index contributed by atoms with van der Waals surface area (Å²) in [7, 11) is 0. The molecule has 2 aromatic heterocycles. The van der Waals surface area contributed by atoms with Gasteiger partial charge in [0.15, 0.2) is 11.5 Å². The third-order valence-corrected chi connectivity index (χ3v) is 6.08. The predicted octanol–water partition coefficient (Wildman–Crippen LogP) is 3.93. The van der Waals surface area contributed by atoms with Crippen molar-refractivity contribution in [2.45, 2.75) is 53.7 Å². The van der Waals surface area contributed by atoms with Crippen LogP contribution in [-0.2, 0) is 33.8 Å². The highest BCUT2D eigenvalue weighted by Crippen LogP contribution is 2.30. The highest BCUT2D eigenvalue weighted by molar-refractivity contribution is 5.89. The van der Waals surface area contributed by atoms with Crippen molar-refractivity contribution in [2.75, 3.05) is 6.79 Å². The van der Waals surface area contributed by atoms with Gasteiger partial charge in [-0.25, -0.2) is 14.9 Å². The first-order chi connectivity index (χ1) is 18.7. The molecule has 4 rings (SSSR count). The minimum atomic E-state index is -0.725. The summed E-state index contributed by atoms with van der Waals surface area (Å²) < 4.78 is 11.8. The van der Waals surface area contributed by atoms with Crippen LogP contribution < -0.4 is 0 Å². The molecule has 0 aliphatic rings. The van der Waals surface area contributed by atoms with Crippen molar-refractivity contribution in [3.63, 3.8) is 0 Å². The summed E-state index contributed by atoms with van der Waals surface area (Å²) in [5, 5.41) is 24.2. The van der Waals surface area contributed by atoms with Gasteiger partial charge in [-0.2, -0.15) is 0 Å². The number of ether oxygens (including phenoxy) is 2. The number of hydrogen-bond acceptors (Lipinski definition) is 9. The zero-order chi connectivity index (χ0) is 28.0. The van der Waals surface area contributed by atoms with Crippen molar-refractivity contribution in [1.29, 1.82) is 0 Å². The van der Waals surface area contributed by atoms with E-state index in [0.29, 0.717) is 30.2 Å². The number of nitrogens with zero attached hydrogens (tertiary/aromatic N) is 5. The van der Waals surface area contributed by atoms with Gasteiger partial charge in [0.05, 0.1) is 11.1 Å². The van der Waals surface area contributed by atoms with Crippen molar-refractivity contribution < 1.29 is 24.2 Å². The van der Waals surface area contributed by atoms with E-state index in [1.54, 1.807) is 20.8 Å². The quantitative estimate of drug-likeness (QED) is 0.229. The summed E-state index contributed by atoms with van der Waals surface area (Å²) in [6.45, 7) is 6.17. The van der Waals surface area contributed by atoms with Gasteiger partial charge in [-0.3, -0.25) is 9.36 Å². The summed E-state index contributed by atoms with van der Waals surface area (Å²) >= 11 is 0. The molecule has 2 N–H and O–H groups in total. The molecule has 0 fully saturated rings. The summed E-state index contributed by atoms with van der Waals surface area (Å²) in [6.07, 6.45) is 1.69. The Balaban J connectivity index is 1.58. The van der Waals surface area contributed by atoms with E-state index in [-0.39, 0.29) is 5.69 Å². The normalized spacial score (nSPS) is 11.4. The van der Waals surface area contributed by atoms with Gasteiger partial charge < -0.3 is 14.6 Å². The van der Waals surface area contributed by atoms with E-state index in [9.17, 15) is 14.7 Å². The first-order valence-electron chi connectivity index (χ1n) is 12.7. The van der Waals surface area contributed by atoms with Crippen LogP contribution in [0.4, 0.5) is 0 Å². The molecule has 39 heavy (non-hydrogen) atoms. The van der Waals surface area contributed by atoms with Gasteiger partial charge in [0.1, 0.15) is 12.6 Å². The number of carbonyl (C=O) groups excluding carboxylic acids is 2. The van der Waals surface area contributed by atoms with Gasteiger partial charge in [0, 0.05) is 18.4 Å². The zero-order valence-electron chi connectivity index (χ0n) is 22.5. The number of aliphatic hydroxyl groups excluding tert-OH is 1. The summed E-state index contributed by atoms with van der Waals surface area (Å²) in [5.74, 6) is -0.0511. The maximum absolute atomic E-state index is 13.1. The fraction of sp³-hybridized carbons (Fsp3) is 0.357. The van der Waals surface area contributed by atoms with Crippen LogP contribution in [-0.4, -0.2) is 54.0 Å². The molecule has 0 atom stereocenters. The van der Waals surface area contributed by atoms with E-state index in [1.807, 2.05) is 55.5 Å². The van der Waals surface area contributed by atoms with Gasteiger partial charge in [-0.15, -0.1) is 5.10 Å². The SMILES string of the molecule is CCCc1nc(Cc2ccc(-c3ccccc3-c3nnn[nH]3)cc2)c(C(=O)OCOC(=O)C(C)(C)C)n1CO. The van der Waals surface area contributed by atoms with Crippen LogP contribution in [0.5, 0.6) is 0 Å². The number of tetrazole rings is 1. The number of imidazole rings is 1. The molecule has 0 saturated heterocycles. The highest BCUT2D eigenvalue weighted by Gasteiger charge is 2.26. The van der Waals surface area contributed by atoms with Gasteiger partial charge in [0.25, 0.3) is 0 Å². The summed E-state index contributed by atoms with van der Waals surface area (Å²) in [4.78, 5) is 29.8. The lowest BCUT2D eigenvalue weighted by Gasteiger charge is -2.16. The van der Waals surface area contributed by atoms with Gasteiger partial charge >= 0.3 is 11.9 Å². The number of aromatic amines is 1. The number of rotatable bonds is 10. The average molecular weight is 533 g/mol. The van der Waals surface area contributed by atoms with Crippen molar-refractivity contribution >= 4 is 11.9 Å². The van der Waals surface area contributed by atoms with Crippen molar-refractivity contribution in [1.82, 2.24) is 30.2 Å². The van der Waals surface area contributed by atoms with E-state index in [2.05, 4.69) is 25.6 Å². The predicted molar refractivity (Wildman–Crippen MR) is 142 cm³/mol. The Morgan fingerprint density at radius 2 is 1.74 bits per heavy atom. The molecular weight excluding hydrogens is 500 g/mol. The standard InChI is InChI=1S/C28H32N6O5/c1-5-8-23-29-22(24(34(23)16-35)26(36)38-17-39-27(37)28(2,3)4)15-18-11-13-19(14-12-18)20-9-6-7-10-21(20)25-30-32-33-31-25/h6-7,9-14,35H,5,8,15-17H2,1-4H3,(H,30,31,32,33). The van der Waals surface area contributed by atoms with Crippen LogP contribution in [0.3, 0.4) is 0 Å². The van der Waals surface area contributed by atoms with E-state index in [4.69, 9.17) is 9.47 Å². The smallest absolute Gasteiger partial charge is 0.359 e. The molecule has 0 radical (unpaired) electrons. The van der Waals surface area contributed by atoms with Gasteiger partial charge in [0.2, 0.25) is 6.79 Å². The number of aromatic nitrogens is 6. The molecule has 4 aromatic rings. The Morgan fingerprint density at radius 3 is 2.36 bits per heavy atom. The van der Waals surface area contributed by atoms with Gasteiger partial charge in [-0.1, -0.05) is 55.5 Å². The molecule has 204 valence electrons. The maximum Gasteiger partial charge on any atom is 0.359 e. The molecule has 0 bridgehead atoms. The fourth-order valence-corrected chi connectivity index (χ4v) is 4.10. The molecule has 0 aliphatic heterocycles. The Hall–Kier alpha value is -4.38. The Kier molecular flexibility index (Phi) is 8.50. The zero-order valence-corrected chi connectivity index (χ0v) is 22.5. The number of benzene rings is 2. The topological polar surface area (TPSA) is 145 Å². The number of H-pyrrole nitrogens is 1. The average Bonchev–Trinajstić information content (AvgIpc) is 3.57. The molecule has 11 nitrogen and oxygen atoms in total. The number of nitrogens with one attached hydrogen (secondary N) is 1. The summed E-state index contributed by atoms with van der Waals surface area (Å²) in [6, 6.07) is 15.7. The molecular formula is C28H32N6O5. The lowest BCUT2D eigenvalue weighted by molar-refractivity contribution is -0.161. The maximum atomic E-state index is 13.1. The van der Waals surface area contributed by atoms with Crippen LogP contribution in [0.1, 0.15) is 61.7 Å². The molecule has 2 aromatic carbocycles. The first-order valence-corrected chi connectivity index (χ1v) is 12.7. The Bertz CT molecular complexity index is 1420. The second-order valence-corrected chi connectivity index (χ2v) is 10.0. The number of aryl methyl sites for hydroxylation is 1. The molecule has 0 saturated carbocycles. The third kappa shape index (κ3) is 6.37. The van der Waals surface area contributed by atoms with E-state index in [1.165, 1.54) is 4.57 Å². The monoisotopic (exact) mass is 532 g/mol. The lowest BCUT2D eigenvalue weighted by atomic mass is 9.97. The molecule has 0 aliphatic carbocycles. The minimum absolute atomic E-state index is 0.139. The van der Waals surface area contributed by atoms with Crippen molar-refractivity contribution in [2.24, 2.45) is 5.41 Å². The first kappa shape index (κ1) is 27.6. The van der Waals surface area contributed by atoms with Crippen molar-refractivity contribution in [3.05, 3.63) is 71.3 Å². The van der Waals surface area contributed by atoms with E-state index < -0.39 is 30.9 Å². The molecule has 11 heteroatoms. The number of esters is 2. The second-order valence-electron chi connectivity index (χ2n) is 10.0. The minimum Gasteiger partial charge on any atom is -0.427 e. The molecule has 2 heterocycles. The van der Waals surface area contributed by atoms with Crippen LogP contribution in [0.15, 0.2) is 48.5 Å². The fourth-order valence-electron chi connectivity index (χ4n) is 4.10. The highest BCUT2D eigenvalue weighted by atomic mass is 16.7. The number of aliphatic hydroxyl groups is 1. The van der Waals surface area contributed by atoms with Gasteiger partial charge in [-0.05, 0) is 54.3 Å². The number of carbonyl (C=O) groups is 2. The molecule has 0 amide bonds. The molecule has 0 spiro atoms. The van der Waals surface area contributed by atoms with Crippen LogP contribution in [0.2, 0.25) is 0 Å². The Labute approximate surface area is 226 Å². The second kappa shape index (κ2) is 12.0. The third-order valence-electron chi connectivity index (χ3n) is 6.08. The van der Waals surface area contributed by atoms with E-state index in [0.717, 1.165) is 28.7 Å². The van der Waals surface area contributed by atoms with Crippen LogP contribution in [0, 0.1) is 5.41 Å². The summed E-state index contributed by atoms with van der Waals surface area (Å²) in [5.41, 5.74) is 3.61. The Morgan fingerprint density at radius 1 is 1.03 bits per heavy atom. The van der Waals surface area contributed by atoms with Crippen LogP contribution in [0.25, 0.3) is 22.5 Å². The molecule has 0 unspecified atom stereocenters. The van der Waals surface area contributed by atoms with E-state index >= 15 is 0 Å². The van der Waals surface area contributed by atoms with Crippen molar-refractivity contribution in [3.8, 4) is 22.5 Å². The largest absolute Gasteiger partial charge is 0.427 e. The van der Waals surface area contributed by atoms with Crippen LogP contribution >= 0.6 is 0 Å². The number of hydrogen-bond donors (Lipinski definition) is 2.